The van der Waals surface area contributed by atoms with Crippen LogP contribution < -0.4 is 24.3 Å². The molecule has 5 heteroatoms. The summed E-state index contributed by atoms with van der Waals surface area (Å²) in [6.45, 7) is 6.34. The SMILES string of the molecule is COc1cc(CN[C@@H](c2ccc3c(c2)OCCO3)C(C)C)cc(OC)c1. The van der Waals surface area contributed by atoms with Gasteiger partial charge < -0.3 is 24.3 Å². The molecular weight excluding hydrogens is 330 g/mol. The molecule has 1 heterocycles. The Kier molecular flexibility index (Phi) is 5.89. The van der Waals surface area contributed by atoms with Crippen molar-refractivity contribution in [3.05, 3.63) is 47.5 Å². The van der Waals surface area contributed by atoms with Gasteiger partial charge in [-0.2, -0.15) is 0 Å². The highest BCUT2D eigenvalue weighted by Gasteiger charge is 2.19. The molecule has 1 atom stereocenters. The smallest absolute Gasteiger partial charge is 0.161 e. The summed E-state index contributed by atoms with van der Waals surface area (Å²) in [5.74, 6) is 3.65. The maximum atomic E-state index is 5.73. The molecule has 1 N–H and O–H groups in total. The Morgan fingerprint density at radius 1 is 0.923 bits per heavy atom. The number of hydrogen-bond acceptors (Lipinski definition) is 5. The number of rotatable bonds is 7. The van der Waals surface area contributed by atoms with E-state index in [1.54, 1.807) is 14.2 Å². The van der Waals surface area contributed by atoms with Crippen LogP contribution in [0.15, 0.2) is 36.4 Å². The Morgan fingerprint density at radius 2 is 1.58 bits per heavy atom. The molecule has 2 aromatic carbocycles. The van der Waals surface area contributed by atoms with E-state index >= 15 is 0 Å². The maximum Gasteiger partial charge on any atom is 0.161 e. The minimum atomic E-state index is 0.197. The van der Waals surface area contributed by atoms with Crippen molar-refractivity contribution < 1.29 is 18.9 Å². The third-order valence-electron chi connectivity index (χ3n) is 4.53. The van der Waals surface area contributed by atoms with Crippen LogP contribution in [0.25, 0.3) is 0 Å². The fraction of sp³-hybridized carbons (Fsp3) is 0.429. The molecule has 0 bridgehead atoms. The summed E-state index contributed by atoms with van der Waals surface area (Å²) >= 11 is 0. The molecule has 5 nitrogen and oxygen atoms in total. The Balaban J connectivity index is 1.77. The molecule has 26 heavy (non-hydrogen) atoms. The van der Waals surface area contributed by atoms with Crippen molar-refractivity contribution in [2.24, 2.45) is 5.92 Å². The van der Waals surface area contributed by atoms with E-state index in [9.17, 15) is 0 Å². The van der Waals surface area contributed by atoms with E-state index in [0.717, 1.165) is 28.6 Å². The van der Waals surface area contributed by atoms with Crippen LogP contribution >= 0.6 is 0 Å². The Labute approximate surface area is 155 Å². The number of methoxy groups -OCH3 is 2. The third-order valence-corrected chi connectivity index (χ3v) is 4.53. The average molecular weight is 357 g/mol. The van der Waals surface area contributed by atoms with Crippen LogP contribution in [0.1, 0.15) is 31.0 Å². The van der Waals surface area contributed by atoms with Gasteiger partial charge in [0.25, 0.3) is 0 Å². The second-order valence-electron chi connectivity index (χ2n) is 6.73. The molecule has 0 unspecified atom stereocenters. The fourth-order valence-corrected chi connectivity index (χ4v) is 3.19. The summed E-state index contributed by atoms with van der Waals surface area (Å²) < 4.78 is 22.1. The zero-order valence-electron chi connectivity index (χ0n) is 15.9. The highest BCUT2D eigenvalue weighted by molar-refractivity contribution is 5.45. The lowest BCUT2D eigenvalue weighted by Crippen LogP contribution is -2.26. The van der Waals surface area contributed by atoms with Crippen molar-refractivity contribution in [1.29, 1.82) is 0 Å². The topological polar surface area (TPSA) is 49.0 Å². The third kappa shape index (κ3) is 4.22. The molecule has 2 aromatic rings. The Hall–Kier alpha value is -2.40. The van der Waals surface area contributed by atoms with Gasteiger partial charge in [-0.25, -0.2) is 0 Å². The van der Waals surface area contributed by atoms with E-state index in [4.69, 9.17) is 18.9 Å². The van der Waals surface area contributed by atoms with Crippen LogP contribution in [0.4, 0.5) is 0 Å². The normalized spacial score (nSPS) is 14.2. The number of hydrogen-bond donors (Lipinski definition) is 1. The minimum absolute atomic E-state index is 0.197. The summed E-state index contributed by atoms with van der Waals surface area (Å²) in [6, 6.07) is 12.3. The van der Waals surface area contributed by atoms with Gasteiger partial charge in [-0.1, -0.05) is 19.9 Å². The van der Waals surface area contributed by atoms with E-state index in [1.807, 2.05) is 24.3 Å². The van der Waals surface area contributed by atoms with Gasteiger partial charge in [0, 0.05) is 18.7 Å². The number of ether oxygens (including phenoxy) is 4. The van der Waals surface area contributed by atoms with Crippen LogP contribution in [-0.2, 0) is 6.54 Å². The van der Waals surface area contributed by atoms with Crippen molar-refractivity contribution in [3.63, 3.8) is 0 Å². The van der Waals surface area contributed by atoms with Gasteiger partial charge in [0.15, 0.2) is 11.5 Å². The van der Waals surface area contributed by atoms with Crippen molar-refractivity contribution in [2.45, 2.75) is 26.4 Å². The lowest BCUT2D eigenvalue weighted by molar-refractivity contribution is 0.171. The molecule has 0 saturated heterocycles. The second kappa shape index (κ2) is 8.32. The first-order valence-electron chi connectivity index (χ1n) is 8.95. The molecule has 0 saturated carbocycles. The van der Waals surface area contributed by atoms with E-state index in [1.165, 1.54) is 5.56 Å². The molecule has 0 radical (unpaired) electrons. The molecule has 140 valence electrons. The number of benzene rings is 2. The van der Waals surface area contributed by atoms with E-state index in [2.05, 4.69) is 31.3 Å². The first-order valence-corrected chi connectivity index (χ1v) is 8.95. The summed E-state index contributed by atoms with van der Waals surface area (Å²) in [6.07, 6.45) is 0. The van der Waals surface area contributed by atoms with Crippen molar-refractivity contribution in [3.8, 4) is 23.0 Å². The quantitative estimate of drug-likeness (QED) is 0.813. The summed E-state index contributed by atoms with van der Waals surface area (Å²) in [4.78, 5) is 0. The van der Waals surface area contributed by atoms with Gasteiger partial charge in [0.2, 0.25) is 0 Å². The van der Waals surface area contributed by atoms with Gasteiger partial charge in [-0.3, -0.25) is 0 Å². The van der Waals surface area contributed by atoms with Crippen LogP contribution in [0.3, 0.4) is 0 Å². The summed E-state index contributed by atoms with van der Waals surface area (Å²) in [5.41, 5.74) is 2.31. The zero-order valence-corrected chi connectivity index (χ0v) is 15.9. The molecule has 0 spiro atoms. The average Bonchev–Trinajstić information content (AvgIpc) is 2.67. The first kappa shape index (κ1) is 18.4. The summed E-state index contributed by atoms with van der Waals surface area (Å²) in [7, 11) is 3.33. The predicted octanol–water partition coefficient (Wildman–Crippen LogP) is 3.96. The van der Waals surface area contributed by atoms with E-state index < -0.39 is 0 Å². The maximum absolute atomic E-state index is 5.73. The Bertz CT molecular complexity index is 723. The van der Waals surface area contributed by atoms with Gasteiger partial charge in [-0.05, 0) is 41.3 Å². The highest BCUT2D eigenvalue weighted by Crippen LogP contribution is 2.34. The fourth-order valence-electron chi connectivity index (χ4n) is 3.19. The Morgan fingerprint density at radius 3 is 2.19 bits per heavy atom. The van der Waals surface area contributed by atoms with Gasteiger partial charge >= 0.3 is 0 Å². The molecular formula is C21H27NO4. The molecule has 1 aliphatic heterocycles. The van der Waals surface area contributed by atoms with Crippen LogP contribution in [0.5, 0.6) is 23.0 Å². The van der Waals surface area contributed by atoms with Crippen LogP contribution in [0, 0.1) is 5.92 Å². The first-order chi connectivity index (χ1) is 12.6. The van der Waals surface area contributed by atoms with Gasteiger partial charge in [0.05, 0.1) is 14.2 Å². The lowest BCUT2D eigenvalue weighted by Gasteiger charge is -2.26. The standard InChI is InChI=1S/C21H27NO4/c1-14(2)21(16-5-6-19-20(11-16)26-8-7-25-19)22-13-15-9-17(23-3)12-18(10-15)24-4/h5-6,9-12,14,21-22H,7-8,13H2,1-4H3/t21-/m1/s1. The van der Waals surface area contributed by atoms with E-state index in [-0.39, 0.29) is 6.04 Å². The predicted molar refractivity (Wildman–Crippen MR) is 101 cm³/mol. The van der Waals surface area contributed by atoms with Gasteiger partial charge in [-0.15, -0.1) is 0 Å². The largest absolute Gasteiger partial charge is 0.497 e. The lowest BCUT2D eigenvalue weighted by atomic mass is 9.95. The zero-order chi connectivity index (χ0) is 18.5. The summed E-state index contributed by atoms with van der Waals surface area (Å²) in [5, 5.41) is 3.65. The van der Waals surface area contributed by atoms with Crippen LogP contribution in [-0.4, -0.2) is 27.4 Å². The van der Waals surface area contributed by atoms with Crippen molar-refractivity contribution in [2.75, 3.05) is 27.4 Å². The minimum Gasteiger partial charge on any atom is -0.497 e. The molecule has 1 aliphatic rings. The molecule has 0 aromatic heterocycles. The van der Waals surface area contributed by atoms with Crippen molar-refractivity contribution in [1.82, 2.24) is 5.32 Å². The number of fused-ring (bicyclic) bond motifs is 1. The van der Waals surface area contributed by atoms with Crippen molar-refractivity contribution >= 4 is 0 Å². The van der Waals surface area contributed by atoms with E-state index in [0.29, 0.717) is 25.7 Å². The van der Waals surface area contributed by atoms with Crippen LogP contribution in [0.2, 0.25) is 0 Å². The number of nitrogens with one attached hydrogen (secondary N) is 1. The van der Waals surface area contributed by atoms with Gasteiger partial charge in [0.1, 0.15) is 24.7 Å². The molecule has 0 amide bonds. The highest BCUT2D eigenvalue weighted by atomic mass is 16.6. The second-order valence-corrected chi connectivity index (χ2v) is 6.73. The molecule has 0 aliphatic carbocycles. The molecule has 3 rings (SSSR count). The molecule has 0 fully saturated rings. The monoisotopic (exact) mass is 357 g/mol.